The monoisotopic (exact) mass is 470 g/mol. The number of quaternary nitrogens is 1. The van der Waals surface area contributed by atoms with Crippen molar-refractivity contribution >= 4 is 29.1 Å². The Morgan fingerprint density at radius 1 is 1.30 bits per heavy atom. The Morgan fingerprint density at radius 2 is 2.00 bits per heavy atom. The number of pyridine rings is 1. The van der Waals surface area contributed by atoms with Gasteiger partial charge in [0.15, 0.2) is 0 Å². The molecular weight excluding hydrogens is 442 g/mol. The van der Waals surface area contributed by atoms with Crippen LogP contribution in [0.2, 0.25) is 5.02 Å². The van der Waals surface area contributed by atoms with Crippen molar-refractivity contribution in [1.82, 2.24) is 20.6 Å². The number of amides is 2. The zero-order valence-corrected chi connectivity index (χ0v) is 19.5. The van der Waals surface area contributed by atoms with E-state index in [0.29, 0.717) is 17.3 Å². The van der Waals surface area contributed by atoms with Gasteiger partial charge in [0.2, 0.25) is 5.70 Å². The molecule has 10 heteroatoms. The highest BCUT2D eigenvalue weighted by Gasteiger charge is 2.27. The highest BCUT2D eigenvalue weighted by atomic mass is 35.5. The average molecular weight is 471 g/mol. The number of aliphatic imine (C=N–C) groups is 1. The summed E-state index contributed by atoms with van der Waals surface area (Å²) in [4.78, 5) is 33.3. The molecule has 2 amide bonds. The maximum Gasteiger partial charge on any atom is 0.307 e. The number of rotatable bonds is 10. The quantitative estimate of drug-likeness (QED) is 0.232. The number of benzene rings is 1. The fraction of sp³-hybridized carbons (Fsp3) is 0.304. The first-order valence-corrected chi connectivity index (χ1v) is 11.0. The Labute approximate surface area is 197 Å². The molecule has 3 rings (SSSR count). The summed E-state index contributed by atoms with van der Waals surface area (Å²) in [5.74, 6) is 5.26. The third-order valence-electron chi connectivity index (χ3n) is 5.09. The van der Waals surface area contributed by atoms with Crippen molar-refractivity contribution in [3.63, 3.8) is 0 Å². The highest BCUT2D eigenvalue weighted by Crippen LogP contribution is 2.21. The van der Waals surface area contributed by atoms with Gasteiger partial charge in [-0.25, -0.2) is 10.8 Å². The van der Waals surface area contributed by atoms with Gasteiger partial charge in [0, 0.05) is 17.3 Å². The van der Waals surface area contributed by atoms with Gasteiger partial charge in [-0.15, -0.1) is 0 Å². The van der Waals surface area contributed by atoms with Crippen molar-refractivity contribution in [2.75, 3.05) is 19.6 Å². The fourth-order valence-corrected chi connectivity index (χ4v) is 3.47. The summed E-state index contributed by atoms with van der Waals surface area (Å²) < 4.78 is 0. The smallest absolute Gasteiger partial charge is 0.307 e. The highest BCUT2D eigenvalue weighted by molar-refractivity contribution is 6.30. The molecule has 0 spiro atoms. The van der Waals surface area contributed by atoms with E-state index in [1.807, 2.05) is 12.1 Å². The predicted octanol–water partition coefficient (Wildman–Crippen LogP) is 0.907. The first-order valence-electron chi connectivity index (χ1n) is 10.7. The lowest BCUT2D eigenvalue weighted by atomic mass is 10.0. The van der Waals surface area contributed by atoms with Crippen LogP contribution in [-0.4, -0.2) is 47.2 Å². The Hall–Kier alpha value is -3.27. The van der Waals surface area contributed by atoms with Crippen LogP contribution in [0.5, 0.6) is 0 Å². The molecule has 2 aromatic rings. The van der Waals surface area contributed by atoms with E-state index >= 15 is 0 Å². The van der Waals surface area contributed by atoms with E-state index in [4.69, 9.17) is 17.4 Å². The number of nitrogens with one attached hydrogen (secondary N) is 2. The number of nitrogens with zero attached hydrogens (tertiary/aromatic N) is 3. The summed E-state index contributed by atoms with van der Waals surface area (Å²) in [5, 5.41) is 7.45. The number of nitrogens with two attached hydrogens (primary N) is 1. The minimum Gasteiger partial charge on any atom is -0.349 e. The van der Waals surface area contributed by atoms with E-state index in [-0.39, 0.29) is 42.3 Å². The van der Waals surface area contributed by atoms with Crippen molar-refractivity contribution < 1.29 is 15.3 Å². The Balaban J connectivity index is 1.52. The summed E-state index contributed by atoms with van der Waals surface area (Å²) in [6.07, 6.45) is 2.39. The van der Waals surface area contributed by atoms with Crippen LogP contribution in [0.4, 0.5) is 0 Å². The molecule has 0 saturated carbocycles. The summed E-state index contributed by atoms with van der Waals surface area (Å²) in [6, 6.07) is 11.0. The molecule has 1 aromatic heterocycles. The molecular formula is C23H29ClN7O2+. The lowest BCUT2D eigenvalue weighted by molar-refractivity contribution is -0.300. The molecule has 1 aliphatic rings. The second-order valence-electron chi connectivity index (χ2n) is 7.77. The average Bonchev–Trinajstić information content (AvgIpc) is 3.62. The topological polar surface area (TPSA) is 140 Å². The second kappa shape index (κ2) is 11.0. The molecule has 0 radical (unpaired) electrons. The molecule has 1 aromatic carbocycles. The minimum atomic E-state index is -0.354. The fourth-order valence-electron chi connectivity index (χ4n) is 3.21. The molecule has 1 unspecified atom stereocenters. The number of hydrogen-bond acceptors (Lipinski definition) is 6. The van der Waals surface area contributed by atoms with Crippen LogP contribution in [0.3, 0.4) is 0 Å². The van der Waals surface area contributed by atoms with Gasteiger partial charge in [0.25, 0.3) is 5.91 Å². The van der Waals surface area contributed by atoms with Crippen LogP contribution in [0, 0.1) is 6.92 Å². The van der Waals surface area contributed by atoms with Crippen molar-refractivity contribution in [2.45, 2.75) is 26.3 Å². The molecule has 1 aliphatic heterocycles. The number of carbonyl (C=O) groups is 2. The van der Waals surface area contributed by atoms with E-state index in [1.165, 1.54) is 22.8 Å². The van der Waals surface area contributed by atoms with Gasteiger partial charge in [-0.2, -0.15) is 0 Å². The largest absolute Gasteiger partial charge is 0.349 e. The molecule has 9 nitrogen and oxygen atoms in total. The molecule has 0 aliphatic carbocycles. The zero-order valence-electron chi connectivity index (χ0n) is 18.8. The normalized spacial score (nSPS) is 13.7. The second-order valence-corrected chi connectivity index (χ2v) is 8.21. The number of aromatic nitrogens is 1. The van der Waals surface area contributed by atoms with Gasteiger partial charge in [0.1, 0.15) is 5.69 Å². The minimum absolute atomic E-state index is 0.201. The molecule has 2 heterocycles. The van der Waals surface area contributed by atoms with E-state index in [9.17, 15) is 9.59 Å². The number of hydrazine groups is 1. The van der Waals surface area contributed by atoms with Crippen LogP contribution >= 0.6 is 11.6 Å². The van der Waals surface area contributed by atoms with Gasteiger partial charge < -0.3 is 21.4 Å². The Morgan fingerprint density at radius 3 is 2.61 bits per heavy atom. The molecule has 7 N–H and O–H groups in total. The summed E-state index contributed by atoms with van der Waals surface area (Å²) in [7, 11) is 0. The van der Waals surface area contributed by atoms with Gasteiger partial charge >= 0.3 is 5.91 Å². The molecule has 0 fully saturated rings. The molecule has 0 saturated heterocycles. The van der Waals surface area contributed by atoms with Crippen molar-refractivity contribution in [2.24, 2.45) is 10.8 Å². The lowest BCUT2D eigenvalue weighted by Crippen LogP contribution is -2.56. The number of carbonyl (C=O) groups excluding carboxylic acids is 2. The van der Waals surface area contributed by atoms with Crippen LogP contribution in [-0.2, 0) is 11.2 Å². The van der Waals surface area contributed by atoms with Crippen molar-refractivity contribution in [1.29, 1.82) is 0 Å². The zero-order chi connectivity index (χ0) is 24.0. The van der Waals surface area contributed by atoms with Gasteiger partial charge in [-0.05, 0) is 36.6 Å². The SMILES string of the molecule is CCc1ccc(C(NC(=O)/C([NH3+])=C/N(N)CCNC(=O)c2cc(Cl)cc(C)n2)C2=NC2)cc1. The van der Waals surface area contributed by atoms with Crippen LogP contribution < -0.4 is 22.2 Å². The van der Waals surface area contributed by atoms with Crippen LogP contribution in [0.1, 0.15) is 40.3 Å². The van der Waals surface area contributed by atoms with Crippen molar-refractivity contribution in [3.05, 3.63) is 75.8 Å². The number of halogens is 1. The summed E-state index contributed by atoms with van der Waals surface area (Å²) >= 11 is 5.97. The molecule has 33 heavy (non-hydrogen) atoms. The standard InChI is InChI=1S/C23H28ClN7O2/c1-3-15-4-6-16(7-5-15)21(20-12-28-20)30-22(32)18(25)13-31(26)9-8-27-23(33)19-11-17(24)10-14(2)29-19/h4-7,10-11,13,21H,3,8-9,12,25-26H2,1-2H3,(H,27,33)(H,30,32)/p+1/b18-13-. The molecule has 174 valence electrons. The van der Waals surface area contributed by atoms with E-state index in [2.05, 4.69) is 45.4 Å². The predicted molar refractivity (Wildman–Crippen MR) is 127 cm³/mol. The maximum atomic E-state index is 12.7. The van der Waals surface area contributed by atoms with Crippen LogP contribution in [0.15, 0.2) is 53.3 Å². The Kier molecular flexibility index (Phi) is 8.16. The van der Waals surface area contributed by atoms with E-state index in [0.717, 1.165) is 17.7 Å². The first kappa shape index (κ1) is 24.4. The molecule has 0 bridgehead atoms. The lowest BCUT2D eigenvalue weighted by Gasteiger charge is -2.17. The third-order valence-corrected chi connectivity index (χ3v) is 5.31. The van der Waals surface area contributed by atoms with Gasteiger partial charge in [-0.1, -0.05) is 42.8 Å². The summed E-state index contributed by atoms with van der Waals surface area (Å²) in [5.41, 5.74) is 8.04. The van der Waals surface area contributed by atoms with Gasteiger partial charge in [-0.3, -0.25) is 14.6 Å². The van der Waals surface area contributed by atoms with E-state index < -0.39 is 0 Å². The van der Waals surface area contributed by atoms with Crippen molar-refractivity contribution in [3.8, 4) is 0 Å². The third kappa shape index (κ3) is 7.11. The molecule has 1 atom stereocenters. The summed E-state index contributed by atoms with van der Waals surface area (Å²) in [6.45, 7) is 5.01. The number of hydrogen-bond donors (Lipinski definition) is 4. The Bertz CT molecular complexity index is 1060. The van der Waals surface area contributed by atoms with Gasteiger partial charge in [0.05, 0.1) is 31.0 Å². The number of aryl methyl sites for hydroxylation is 2. The maximum absolute atomic E-state index is 12.7. The van der Waals surface area contributed by atoms with Crippen LogP contribution in [0.25, 0.3) is 0 Å². The van der Waals surface area contributed by atoms with E-state index in [1.54, 1.807) is 13.0 Å². The first-order chi connectivity index (χ1) is 15.8.